The third-order valence-corrected chi connectivity index (χ3v) is 4.25. The first-order valence-electron chi connectivity index (χ1n) is 6.76. The summed E-state index contributed by atoms with van der Waals surface area (Å²) in [5, 5.41) is 24.6. The SMILES string of the molecule is O=C(O)c1ccc([N+](=O)[O-])cc1[C@@H]1COC[C@@H]1n1cc(Br)cn1. The molecule has 2 atom stereocenters. The Labute approximate surface area is 139 Å². The van der Waals surface area contributed by atoms with Gasteiger partial charge in [0.05, 0.1) is 40.4 Å². The number of nitrogens with zero attached hydrogens (tertiary/aromatic N) is 3. The number of halogens is 1. The van der Waals surface area contributed by atoms with Gasteiger partial charge in [-0.1, -0.05) is 0 Å². The van der Waals surface area contributed by atoms with Crippen molar-refractivity contribution < 1.29 is 19.6 Å². The van der Waals surface area contributed by atoms with Gasteiger partial charge in [0.15, 0.2) is 0 Å². The molecule has 9 heteroatoms. The van der Waals surface area contributed by atoms with Gasteiger partial charge in [-0.3, -0.25) is 14.8 Å². The van der Waals surface area contributed by atoms with E-state index in [1.165, 1.54) is 18.2 Å². The van der Waals surface area contributed by atoms with Crippen LogP contribution in [0.5, 0.6) is 0 Å². The molecule has 2 heterocycles. The van der Waals surface area contributed by atoms with Gasteiger partial charge < -0.3 is 9.84 Å². The van der Waals surface area contributed by atoms with Gasteiger partial charge in [0, 0.05) is 24.2 Å². The minimum Gasteiger partial charge on any atom is -0.478 e. The minimum atomic E-state index is -1.12. The van der Waals surface area contributed by atoms with Gasteiger partial charge in [0.1, 0.15) is 0 Å². The molecule has 0 unspecified atom stereocenters. The monoisotopic (exact) mass is 381 g/mol. The second kappa shape index (κ2) is 6.09. The average Bonchev–Trinajstić information content (AvgIpc) is 3.14. The Hall–Kier alpha value is -2.26. The molecule has 1 aromatic heterocycles. The molecular formula is C14H12BrN3O5. The molecule has 1 aromatic carbocycles. The third-order valence-electron chi connectivity index (χ3n) is 3.84. The summed E-state index contributed by atoms with van der Waals surface area (Å²) in [6.07, 6.45) is 3.39. The van der Waals surface area contributed by atoms with Gasteiger partial charge in [-0.2, -0.15) is 5.10 Å². The molecule has 1 aliphatic heterocycles. The van der Waals surface area contributed by atoms with Gasteiger partial charge in [-0.15, -0.1) is 0 Å². The van der Waals surface area contributed by atoms with Crippen LogP contribution < -0.4 is 0 Å². The molecule has 1 aliphatic rings. The predicted octanol–water partition coefficient (Wildman–Crippen LogP) is 2.61. The maximum Gasteiger partial charge on any atom is 0.335 e. The summed E-state index contributed by atoms with van der Waals surface area (Å²) < 4.78 is 7.96. The lowest BCUT2D eigenvalue weighted by atomic mass is 9.90. The lowest BCUT2D eigenvalue weighted by molar-refractivity contribution is -0.384. The van der Waals surface area contributed by atoms with E-state index in [0.29, 0.717) is 12.2 Å². The zero-order valence-electron chi connectivity index (χ0n) is 11.8. The Bertz CT molecular complexity index is 776. The van der Waals surface area contributed by atoms with Gasteiger partial charge >= 0.3 is 5.97 Å². The third kappa shape index (κ3) is 2.97. The fourth-order valence-electron chi connectivity index (χ4n) is 2.76. The number of carboxylic acids is 1. The number of aromatic carboxylic acids is 1. The smallest absolute Gasteiger partial charge is 0.335 e. The van der Waals surface area contributed by atoms with E-state index in [4.69, 9.17) is 4.74 Å². The Balaban J connectivity index is 2.06. The maximum atomic E-state index is 11.5. The van der Waals surface area contributed by atoms with Crippen LogP contribution in [0.2, 0.25) is 0 Å². The number of carbonyl (C=O) groups is 1. The molecule has 0 saturated carbocycles. The van der Waals surface area contributed by atoms with Crippen LogP contribution in [0, 0.1) is 10.1 Å². The zero-order chi connectivity index (χ0) is 16.6. The molecule has 0 bridgehead atoms. The Morgan fingerprint density at radius 1 is 1.48 bits per heavy atom. The van der Waals surface area contributed by atoms with E-state index >= 15 is 0 Å². The van der Waals surface area contributed by atoms with Crippen LogP contribution in [-0.4, -0.2) is 39.0 Å². The molecule has 0 spiro atoms. The van der Waals surface area contributed by atoms with Crippen molar-refractivity contribution in [3.63, 3.8) is 0 Å². The van der Waals surface area contributed by atoms with E-state index in [0.717, 1.165) is 4.47 Å². The molecule has 1 fully saturated rings. The van der Waals surface area contributed by atoms with Crippen molar-refractivity contribution in [3.8, 4) is 0 Å². The predicted molar refractivity (Wildman–Crippen MR) is 82.6 cm³/mol. The molecular weight excluding hydrogens is 370 g/mol. The van der Waals surface area contributed by atoms with E-state index in [1.54, 1.807) is 17.1 Å². The molecule has 120 valence electrons. The van der Waals surface area contributed by atoms with Gasteiger partial charge in [-0.05, 0) is 27.6 Å². The summed E-state index contributed by atoms with van der Waals surface area (Å²) in [6.45, 7) is 0.643. The number of ether oxygens (including phenoxy) is 1. The summed E-state index contributed by atoms with van der Waals surface area (Å²) in [4.78, 5) is 21.9. The Morgan fingerprint density at radius 2 is 2.26 bits per heavy atom. The number of rotatable bonds is 4. The standard InChI is InChI=1S/C14H12BrN3O5/c15-8-4-16-17(5-8)13-7-23-6-12(13)11-3-9(18(21)22)1-2-10(11)14(19)20/h1-5,12-13H,6-7H2,(H,19,20)/t12-,13-/m0/s1. The highest BCUT2D eigenvalue weighted by molar-refractivity contribution is 9.10. The van der Waals surface area contributed by atoms with Crippen LogP contribution in [0.15, 0.2) is 35.1 Å². The molecule has 1 N–H and O–H groups in total. The van der Waals surface area contributed by atoms with Crippen molar-refractivity contribution in [3.05, 3.63) is 56.3 Å². The lowest BCUT2D eigenvalue weighted by Crippen LogP contribution is -2.19. The number of nitro groups is 1. The van der Waals surface area contributed by atoms with E-state index < -0.39 is 10.9 Å². The summed E-state index contributed by atoms with van der Waals surface area (Å²) in [5.74, 6) is -1.45. The number of aromatic nitrogens is 2. The summed E-state index contributed by atoms with van der Waals surface area (Å²) >= 11 is 3.32. The minimum absolute atomic E-state index is 0.0438. The van der Waals surface area contributed by atoms with Crippen LogP contribution in [-0.2, 0) is 4.74 Å². The Kier molecular flexibility index (Phi) is 4.14. The van der Waals surface area contributed by atoms with Crippen LogP contribution in [0.25, 0.3) is 0 Å². The van der Waals surface area contributed by atoms with E-state index in [2.05, 4.69) is 21.0 Å². The highest BCUT2D eigenvalue weighted by Gasteiger charge is 2.35. The first kappa shape index (κ1) is 15.6. The fraction of sp³-hybridized carbons (Fsp3) is 0.286. The van der Waals surface area contributed by atoms with Crippen LogP contribution in [0.4, 0.5) is 5.69 Å². The van der Waals surface area contributed by atoms with Crippen molar-refractivity contribution in [2.24, 2.45) is 0 Å². The zero-order valence-corrected chi connectivity index (χ0v) is 13.3. The van der Waals surface area contributed by atoms with Crippen LogP contribution in [0.1, 0.15) is 27.9 Å². The summed E-state index contributed by atoms with van der Waals surface area (Å²) in [7, 11) is 0. The largest absolute Gasteiger partial charge is 0.478 e. The second-order valence-corrected chi connectivity index (χ2v) is 6.10. The van der Waals surface area contributed by atoms with E-state index in [9.17, 15) is 20.0 Å². The normalized spacial score (nSPS) is 20.6. The molecule has 23 heavy (non-hydrogen) atoms. The van der Waals surface area contributed by atoms with Gasteiger partial charge in [0.2, 0.25) is 0 Å². The first-order chi connectivity index (χ1) is 11.0. The first-order valence-corrected chi connectivity index (χ1v) is 7.55. The Morgan fingerprint density at radius 3 is 2.87 bits per heavy atom. The van der Waals surface area contributed by atoms with Crippen molar-refractivity contribution in [2.75, 3.05) is 13.2 Å². The topological polar surface area (TPSA) is 107 Å². The van der Waals surface area contributed by atoms with Crippen molar-refractivity contribution in [1.29, 1.82) is 0 Å². The van der Waals surface area contributed by atoms with E-state index in [1.807, 2.05) is 0 Å². The fourth-order valence-corrected chi connectivity index (χ4v) is 3.06. The number of hydrogen-bond acceptors (Lipinski definition) is 5. The van der Waals surface area contributed by atoms with Crippen molar-refractivity contribution in [1.82, 2.24) is 9.78 Å². The quantitative estimate of drug-likeness (QED) is 0.644. The van der Waals surface area contributed by atoms with Crippen LogP contribution >= 0.6 is 15.9 Å². The molecule has 0 radical (unpaired) electrons. The number of carboxylic acid groups (broad SMARTS) is 1. The van der Waals surface area contributed by atoms with E-state index in [-0.39, 0.29) is 29.8 Å². The number of nitro benzene ring substituents is 1. The molecule has 0 aliphatic carbocycles. The average molecular weight is 382 g/mol. The highest BCUT2D eigenvalue weighted by Crippen LogP contribution is 2.37. The highest BCUT2D eigenvalue weighted by atomic mass is 79.9. The molecule has 3 rings (SSSR count). The van der Waals surface area contributed by atoms with Gasteiger partial charge in [0.25, 0.3) is 5.69 Å². The van der Waals surface area contributed by atoms with Crippen molar-refractivity contribution in [2.45, 2.75) is 12.0 Å². The number of benzene rings is 1. The summed E-state index contributed by atoms with van der Waals surface area (Å²) in [5.41, 5.74) is 0.292. The lowest BCUT2D eigenvalue weighted by Gasteiger charge is -2.20. The maximum absolute atomic E-state index is 11.5. The number of non-ortho nitro benzene ring substituents is 1. The second-order valence-electron chi connectivity index (χ2n) is 5.18. The molecule has 1 saturated heterocycles. The molecule has 2 aromatic rings. The molecule has 8 nitrogen and oxygen atoms in total. The van der Waals surface area contributed by atoms with Crippen LogP contribution in [0.3, 0.4) is 0 Å². The number of hydrogen-bond donors (Lipinski definition) is 1. The molecule has 0 amide bonds. The van der Waals surface area contributed by atoms with Crippen molar-refractivity contribution >= 4 is 27.6 Å². The van der Waals surface area contributed by atoms with Gasteiger partial charge in [-0.25, -0.2) is 4.79 Å². The summed E-state index contributed by atoms with van der Waals surface area (Å²) in [6, 6.07) is 3.56.